The molecule has 2 unspecified atom stereocenters. The van der Waals surface area contributed by atoms with Crippen molar-refractivity contribution in [3.05, 3.63) is 16.4 Å². The third-order valence-electron chi connectivity index (χ3n) is 4.64. The number of nitrogens with two attached hydrogens (primary N) is 1. The van der Waals surface area contributed by atoms with E-state index in [4.69, 9.17) is 5.73 Å². The molecule has 4 nitrogen and oxygen atoms in total. The fourth-order valence-corrected chi connectivity index (χ4v) is 3.64. The summed E-state index contributed by atoms with van der Waals surface area (Å²) in [7, 11) is 0. The number of likely N-dealkylation sites (tertiary alicyclic amines) is 1. The van der Waals surface area contributed by atoms with Crippen molar-refractivity contribution < 1.29 is 0 Å². The summed E-state index contributed by atoms with van der Waals surface area (Å²) >= 11 is 3.61. The molecular weight excluding hydrogens is 304 g/mol. The Morgan fingerprint density at radius 1 is 1.42 bits per heavy atom. The van der Waals surface area contributed by atoms with Crippen molar-refractivity contribution in [2.75, 3.05) is 13.1 Å². The number of hydrogen-bond acceptors (Lipinski definition) is 3. The van der Waals surface area contributed by atoms with Gasteiger partial charge in [-0.1, -0.05) is 6.92 Å². The third-order valence-corrected chi connectivity index (χ3v) is 5.25. The van der Waals surface area contributed by atoms with Gasteiger partial charge in [-0.2, -0.15) is 5.10 Å². The second-order valence-corrected chi connectivity index (χ2v) is 6.43. The van der Waals surface area contributed by atoms with Gasteiger partial charge in [-0.05, 0) is 62.1 Å². The summed E-state index contributed by atoms with van der Waals surface area (Å²) in [5.74, 6) is 0. The molecule has 19 heavy (non-hydrogen) atoms. The lowest BCUT2D eigenvalue weighted by Crippen LogP contribution is -2.52. The van der Waals surface area contributed by atoms with E-state index in [9.17, 15) is 0 Å². The van der Waals surface area contributed by atoms with Crippen molar-refractivity contribution >= 4 is 15.9 Å². The van der Waals surface area contributed by atoms with Gasteiger partial charge >= 0.3 is 0 Å². The van der Waals surface area contributed by atoms with E-state index in [-0.39, 0.29) is 11.6 Å². The maximum absolute atomic E-state index is 6.65. The van der Waals surface area contributed by atoms with E-state index in [2.05, 4.69) is 46.7 Å². The van der Waals surface area contributed by atoms with Crippen LogP contribution in [0, 0.1) is 0 Å². The molecule has 1 aromatic heterocycles. The molecule has 0 amide bonds. The molecule has 108 valence electrons. The first-order valence-electron chi connectivity index (χ1n) is 7.26. The standard InChI is InChI=1S/C14H25BrN4/c1-4-14(3,18-8-6-7-9-18)13(16)12-11(15)10-17-19(12)5-2/h10,13H,4-9,16H2,1-3H3. The predicted molar refractivity (Wildman–Crippen MR) is 82.0 cm³/mol. The highest BCUT2D eigenvalue weighted by Crippen LogP contribution is 2.37. The monoisotopic (exact) mass is 328 g/mol. The molecule has 1 aliphatic heterocycles. The number of halogens is 1. The van der Waals surface area contributed by atoms with E-state index in [0.29, 0.717) is 0 Å². The summed E-state index contributed by atoms with van der Waals surface area (Å²) in [6.45, 7) is 9.82. The lowest BCUT2D eigenvalue weighted by molar-refractivity contribution is 0.0963. The molecule has 0 saturated carbocycles. The van der Waals surface area contributed by atoms with Crippen molar-refractivity contribution in [1.29, 1.82) is 0 Å². The topological polar surface area (TPSA) is 47.1 Å². The molecule has 2 atom stereocenters. The highest BCUT2D eigenvalue weighted by atomic mass is 79.9. The van der Waals surface area contributed by atoms with E-state index in [1.807, 2.05) is 10.9 Å². The van der Waals surface area contributed by atoms with Crippen molar-refractivity contribution in [2.45, 2.75) is 58.2 Å². The molecule has 0 bridgehead atoms. The van der Waals surface area contributed by atoms with Gasteiger partial charge in [0.15, 0.2) is 0 Å². The first-order chi connectivity index (χ1) is 9.04. The number of nitrogens with zero attached hydrogens (tertiary/aromatic N) is 3. The Morgan fingerprint density at radius 3 is 2.58 bits per heavy atom. The maximum Gasteiger partial charge on any atom is 0.0712 e. The summed E-state index contributed by atoms with van der Waals surface area (Å²) < 4.78 is 3.04. The zero-order valence-corrected chi connectivity index (χ0v) is 13.8. The van der Waals surface area contributed by atoms with Crippen molar-refractivity contribution in [1.82, 2.24) is 14.7 Å². The highest BCUT2D eigenvalue weighted by molar-refractivity contribution is 9.10. The molecule has 2 heterocycles. The van der Waals surface area contributed by atoms with E-state index in [0.717, 1.165) is 36.2 Å². The Hall–Kier alpha value is -0.390. The van der Waals surface area contributed by atoms with Crippen LogP contribution in [0.2, 0.25) is 0 Å². The molecule has 0 spiro atoms. The predicted octanol–water partition coefficient (Wildman–Crippen LogP) is 2.93. The van der Waals surface area contributed by atoms with Crippen LogP contribution in [0.25, 0.3) is 0 Å². The Balaban J connectivity index is 2.34. The van der Waals surface area contributed by atoms with E-state index in [1.54, 1.807) is 0 Å². The number of aromatic nitrogens is 2. The molecule has 2 N–H and O–H groups in total. The Kier molecular flexibility index (Phi) is 4.69. The lowest BCUT2D eigenvalue weighted by atomic mass is 9.86. The summed E-state index contributed by atoms with van der Waals surface area (Å²) in [4.78, 5) is 2.55. The zero-order valence-electron chi connectivity index (χ0n) is 12.2. The molecule has 1 saturated heterocycles. The second-order valence-electron chi connectivity index (χ2n) is 5.58. The summed E-state index contributed by atoms with van der Waals surface area (Å²) in [5, 5.41) is 4.40. The quantitative estimate of drug-likeness (QED) is 0.903. The van der Waals surface area contributed by atoms with Crippen molar-refractivity contribution in [3.8, 4) is 0 Å². The Morgan fingerprint density at radius 2 is 2.05 bits per heavy atom. The molecule has 1 aromatic rings. The molecule has 0 aromatic carbocycles. The van der Waals surface area contributed by atoms with Gasteiger partial charge in [0, 0.05) is 12.1 Å². The zero-order chi connectivity index (χ0) is 14.0. The SMILES string of the molecule is CCn1ncc(Br)c1C(N)C(C)(CC)N1CCCC1. The smallest absolute Gasteiger partial charge is 0.0712 e. The van der Waals surface area contributed by atoms with Crippen LogP contribution in [-0.4, -0.2) is 33.3 Å². The average Bonchev–Trinajstić information content (AvgIpc) is 3.06. The number of aryl methyl sites for hydroxylation is 1. The van der Waals surface area contributed by atoms with E-state index >= 15 is 0 Å². The Labute approximate surface area is 124 Å². The normalized spacial score (nSPS) is 21.5. The van der Waals surface area contributed by atoms with Crippen LogP contribution in [0.3, 0.4) is 0 Å². The first kappa shape index (κ1) is 15.0. The molecule has 0 aliphatic carbocycles. The average molecular weight is 329 g/mol. The number of rotatable bonds is 5. The van der Waals surface area contributed by atoms with Gasteiger partial charge in [-0.3, -0.25) is 9.58 Å². The fourth-order valence-electron chi connectivity index (χ4n) is 3.10. The minimum Gasteiger partial charge on any atom is -0.321 e. The molecular formula is C14H25BrN4. The van der Waals surface area contributed by atoms with Crippen LogP contribution < -0.4 is 5.73 Å². The third kappa shape index (κ3) is 2.60. The summed E-state index contributed by atoms with van der Waals surface area (Å²) in [5.41, 5.74) is 7.78. The largest absolute Gasteiger partial charge is 0.321 e. The molecule has 1 aliphatic rings. The lowest BCUT2D eigenvalue weighted by Gasteiger charge is -2.43. The minimum atomic E-state index is -0.0209. The molecule has 5 heteroatoms. The van der Waals surface area contributed by atoms with Gasteiger partial charge in [-0.15, -0.1) is 0 Å². The van der Waals surface area contributed by atoms with Crippen LogP contribution in [-0.2, 0) is 6.54 Å². The van der Waals surface area contributed by atoms with Crippen LogP contribution in [0.5, 0.6) is 0 Å². The van der Waals surface area contributed by atoms with Gasteiger partial charge in [0.2, 0.25) is 0 Å². The van der Waals surface area contributed by atoms with E-state index in [1.165, 1.54) is 12.8 Å². The minimum absolute atomic E-state index is 0.00593. The van der Waals surface area contributed by atoms with Crippen LogP contribution in [0.4, 0.5) is 0 Å². The first-order valence-corrected chi connectivity index (χ1v) is 8.05. The maximum atomic E-state index is 6.65. The second kappa shape index (κ2) is 5.94. The van der Waals surface area contributed by atoms with Gasteiger partial charge in [0.1, 0.15) is 0 Å². The van der Waals surface area contributed by atoms with Gasteiger partial charge in [0.25, 0.3) is 0 Å². The van der Waals surface area contributed by atoms with Crippen LogP contribution >= 0.6 is 15.9 Å². The van der Waals surface area contributed by atoms with Crippen LogP contribution in [0.1, 0.15) is 51.8 Å². The van der Waals surface area contributed by atoms with E-state index < -0.39 is 0 Å². The van der Waals surface area contributed by atoms with Gasteiger partial charge in [0.05, 0.1) is 22.4 Å². The molecule has 2 rings (SSSR count). The van der Waals surface area contributed by atoms with Crippen LogP contribution in [0.15, 0.2) is 10.7 Å². The molecule has 0 radical (unpaired) electrons. The fraction of sp³-hybridized carbons (Fsp3) is 0.786. The van der Waals surface area contributed by atoms with Crippen molar-refractivity contribution in [3.63, 3.8) is 0 Å². The van der Waals surface area contributed by atoms with Gasteiger partial charge in [-0.25, -0.2) is 0 Å². The highest BCUT2D eigenvalue weighted by Gasteiger charge is 2.40. The summed E-state index contributed by atoms with van der Waals surface area (Å²) in [6, 6.07) is -0.0209. The Bertz CT molecular complexity index is 425. The number of hydrogen-bond donors (Lipinski definition) is 1. The van der Waals surface area contributed by atoms with Gasteiger partial charge < -0.3 is 5.73 Å². The van der Waals surface area contributed by atoms with Crippen molar-refractivity contribution in [2.24, 2.45) is 5.73 Å². The molecule has 1 fully saturated rings. The summed E-state index contributed by atoms with van der Waals surface area (Å²) in [6.07, 6.45) is 5.49.